The summed E-state index contributed by atoms with van der Waals surface area (Å²) < 4.78 is 0. The van der Waals surface area contributed by atoms with E-state index in [4.69, 9.17) is 23.2 Å². The van der Waals surface area contributed by atoms with Crippen molar-refractivity contribution in [1.29, 1.82) is 0 Å². The number of nitrogens with zero attached hydrogens (tertiary/aromatic N) is 2. The van der Waals surface area contributed by atoms with Crippen LogP contribution in [0.25, 0.3) is 11.1 Å². The van der Waals surface area contributed by atoms with Gasteiger partial charge in [0.2, 0.25) is 0 Å². The summed E-state index contributed by atoms with van der Waals surface area (Å²) >= 11 is 14.4. The van der Waals surface area contributed by atoms with E-state index in [9.17, 15) is 0 Å². The van der Waals surface area contributed by atoms with Gasteiger partial charge in [-0.15, -0.1) is 0 Å². The summed E-state index contributed by atoms with van der Waals surface area (Å²) in [5.41, 5.74) is 2.79. The van der Waals surface area contributed by atoms with Gasteiger partial charge in [-0.05, 0) is 23.3 Å². The maximum Gasteiger partial charge on any atom is 0.142 e. The summed E-state index contributed by atoms with van der Waals surface area (Å²) in [7, 11) is 0. The third-order valence-corrected chi connectivity index (χ3v) is 4.47. The van der Waals surface area contributed by atoms with Crippen molar-refractivity contribution in [3.63, 3.8) is 0 Å². The first-order chi connectivity index (χ1) is 9.49. The van der Waals surface area contributed by atoms with Crippen LogP contribution in [0.1, 0.15) is 25.2 Å². The van der Waals surface area contributed by atoms with Crippen LogP contribution in [0.3, 0.4) is 0 Å². The molecule has 0 amide bonds. The summed E-state index contributed by atoms with van der Waals surface area (Å²) in [6.07, 6.45) is 0. The van der Waals surface area contributed by atoms with Gasteiger partial charge >= 0.3 is 0 Å². The Hall–Kier alpha value is -0.770. The van der Waals surface area contributed by atoms with Gasteiger partial charge in [0.15, 0.2) is 0 Å². The second-order valence-electron chi connectivity index (χ2n) is 4.77. The smallest absolute Gasteiger partial charge is 0.142 e. The topological polar surface area (TPSA) is 25.8 Å². The highest BCUT2D eigenvalue weighted by atomic mass is 35.5. The van der Waals surface area contributed by atoms with Crippen molar-refractivity contribution in [2.75, 3.05) is 0 Å². The molecule has 0 saturated carbocycles. The number of aryl methyl sites for hydroxylation is 1. The van der Waals surface area contributed by atoms with Crippen LogP contribution in [-0.4, -0.2) is 15.2 Å². The van der Waals surface area contributed by atoms with Crippen molar-refractivity contribution in [3.8, 4) is 11.1 Å². The van der Waals surface area contributed by atoms with Crippen molar-refractivity contribution >= 4 is 35.0 Å². The Morgan fingerprint density at radius 1 is 1.10 bits per heavy atom. The average Bonchev–Trinajstić information content (AvgIpc) is 2.38. The number of aromatic nitrogens is 2. The molecule has 0 aliphatic heterocycles. The molecule has 1 heterocycles. The van der Waals surface area contributed by atoms with E-state index in [2.05, 4.69) is 23.8 Å². The van der Waals surface area contributed by atoms with Crippen LogP contribution >= 0.6 is 35.0 Å². The van der Waals surface area contributed by atoms with Crippen LogP contribution in [0.4, 0.5) is 0 Å². The second kappa shape index (κ2) is 6.79. The van der Waals surface area contributed by atoms with Crippen molar-refractivity contribution < 1.29 is 0 Å². The molecule has 5 heteroatoms. The lowest BCUT2D eigenvalue weighted by molar-refractivity contribution is 1.02. The van der Waals surface area contributed by atoms with E-state index in [1.165, 1.54) is 0 Å². The first-order valence-electron chi connectivity index (χ1n) is 6.38. The Kier molecular flexibility index (Phi) is 5.30. The van der Waals surface area contributed by atoms with E-state index in [1.54, 1.807) is 11.8 Å². The van der Waals surface area contributed by atoms with Crippen LogP contribution in [0, 0.1) is 6.92 Å². The van der Waals surface area contributed by atoms with E-state index in [1.807, 2.05) is 31.2 Å². The monoisotopic (exact) mass is 326 g/mol. The van der Waals surface area contributed by atoms with Crippen molar-refractivity contribution in [2.24, 2.45) is 0 Å². The fourth-order valence-corrected chi connectivity index (χ4v) is 3.07. The lowest BCUT2D eigenvalue weighted by Gasteiger charge is -2.11. The molecular formula is C15H16Cl2N2S. The molecule has 0 aliphatic carbocycles. The summed E-state index contributed by atoms with van der Waals surface area (Å²) in [5, 5.41) is 1.35. The predicted octanol–water partition coefficient (Wildman–Crippen LogP) is 5.40. The van der Waals surface area contributed by atoms with Gasteiger partial charge < -0.3 is 0 Å². The van der Waals surface area contributed by atoms with Crippen molar-refractivity contribution in [1.82, 2.24) is 9.97 Å². The van der Waals surface area contributed by atoms with E-state index in [-0.39, 0.29) is 0 Å². The maximum absolute atomic E-state index is 6.31. The molecule has 0 fully saturated rings. The first-order valence-corrected chi connectivity index (χ1v) is 8.19. The van der Waals surface area contributed by atoms with Gasteiger partial charge in [-0.2, -0.15) is 11.8 Å². The standard InChI is InChI=1S/C15H16Cl2N2S/c1-9(2)20-8-12-18-14(16)13(15(17)19-12)11-7-5-4-6-10(11)3/h4-7,9H,8H2,1-3H3. The molecule has 0 spiro atoms. The minimum Gasteiger partial charge on any atom is -0.220 e. The van der Waals surface area contributed by atoms with Gasteiger partial charge in [-0.3, -0.25) is 0 Å². The highest BCUT2D eigenvalue weighted by Gasteiger charge is 2.15. The maximum atomic E-state index is 6.31. The number of thioether (sulfide) groups is 1. The van der Waals surface area contributed by atoms with Gasteiger partial charge in [0.1, 0.15) is 16.1 Å². The Labute approximate surface area is 133 Å². The lowest BCUT2D eigenvalue weighted by Crippen LogP contribution is -1.99. The van der Waals surface area contributed by atoms with Gasteiger partial charge in [0.05, 0.1) is 11.3 Å². The van der Waals surface area contributed by atoms with Crippen LogP contribution in [0.2, 0.25) is 10.3 Å². The molecule has 106 valence electrons. The molecule has 0 atom stereocenters. The number of hydrogen-bond donors (Lipinski definition) is 0. The molecule has 2 nitrogen and oxygen atoms in total. The third-order valence-electron chi connectivity index (χ3n) is 2.83. The third kappa shape index (κ3) is 3.66. The van der Waals surface area contributed by atoms with E-state index >= 15 is 0 Å². The number of hydrogen-bond acceptors (Lipinski definition) is 3. The lowest BCUT2D eigenvalue weighted by atomic mass is 10.0. The quantitative estimate of drug-likeness (QED) is 0.703. The number of benzene rings is 1. The molecular weight excluding hydrogens is 311 g/mol. The first kappa shape index (κ1) is 15.6. The Bertz CT molecular complexity index is 592. The fraction of sp³-hybridized carbons (Fsp3) is 0.333. The average molecular weight is 327 g/mol. The Morgan fingerprint density at radius 3 is 2.25 bits per heavy atom. The zero-order valence-electron chi connectivity index (χ0n) is 11.7. The highest BCUT2D eigenvalue weighted by Crippen LogP contribution is 2.34. The fourth-order valence-electron chi connectivity index (χ4n) is 1.83. The minimum atomic E-state index is 0.415. The molecule has 1 aromatic heterocycles. The summed E-state index contributed by atoms with van der Waals surface area (Å²) in [6, 6.07) is 7.94. The summed E-state index contributed by atoms with van der Waals surface area (Å²) in [6.45, 7) is 6.29. The summed E-state index contributed by atoms with van der Waals surface area (Å²) in [5.74, 6) is 1.39. The van der Waals surface area contributed by atoms with Crippen molar-refractivity contribution in [3.05, 3.63) is 46.0 Å². The van der Waals surface area contributed by atoms with Crippen LogP contribution in [0.5, 0.6) is 0 Å². The van der Waals surface area contributed by atoms with Gasteiger partial charge in [-0.1, -0.05) is 61.3 Å². The molecule has 20 heavy (non-hydrogen) atoms. The molecule has 0 saturated heterocycles. The van der Waals surface area contributed by atoms with Gasteiger partial charge in [-0.25, -0.2) is 9.97 Å². The van der Waals surface area contributed by atoms with Gasteiger partial charge in [0, 0.05) is 0 Å². The zero-order valence-corrected chi connectivity index (χ0v) is 14.0. The molecule has 2 rings (SSSR count). The molecule has 0 N–H and O–H groups in total. The zero-order chi connectivity index (χ0) is 14.7. The molecule has 0 aliphatic rings. The van der Waals surface area contributed by atoms with E-state index < -0.39 is 0 Å². The molecule has 2 aromatic rings. The summed E-state index contributed by atoms with van der Waals surface area (Å²) in [4.78, 5) is 8.74. The predicted molar refractivity (Wildman–Crippen MR) is 88.7 cm³/mol. The van der Waals surface area contributed by atoms with E-state index in [0.29, 0.717) is 32.7 Å². The second-order valence-corrected chi connectivity index (χ2v) is 7.05. The highest BCUT2D eigenvalue weighted by molar-refractivity contribution is 7.99. The van der Waals surface area contributed by atoms with Crippen molar-refractivity contribution in [2.45, 2.75) is 31.8 Å². The van der Waals surface area contributed by atoms with E-state index in [0.717, 1.165) is 11.1 Å². The number of rotatable bonds is 4. The Morgan fingerprint density at radius 2 is 1.70 bits per heavy atom. The number of halogens is 2. The largest absolute Gasteiger partial charge is 0.220 e. The van der Waals surface area contributed by atoms with Crippen LogP contribution in [-0.2, 0) is 5.75 Å². The normalized spacial score (nSPS) is 11.1. The van der Waals surface area contributed by atoms with Crippen LogP contribution in [0.15, 0.2) is 24.3 Å². The van der Waals surface area contributed by atoms with Crippen LogP contribution < -0.4 is 0 Å². The molecule has 0 radical (unpaired) electrons. The Balaban J connectivity index is 2.39. The SMILES string of the molecule is Cc1ccccc1-c1c(Cl)nc(CSC(C)C)nc1Cl. The van der Waals surface area contributed by atoms with Gasteiger partial charge in [0.25, 0.3) is 0 Å². The molecule has 1 aromatic carbocycles. The minimum absolute atomic E-state index is 0.415. The molecule has 0 bridgehead atoms. The molecule has 0 unspecified atom stereocenters.